The van der Waals surface area contributed by atoms with Crippen molar-refractivity contribution in [1.29, 1.82) is 0 Å². The third kappa shape index (κ3) is 1.89. The van der Waals surface area contributed by atoms with Gasteiger partial charge in [-0.15, -0.1) is 0 Å². The normalized spacial score (nSPS) is 15.5. The number of nitrogens with zero attached hydrogens (tertiary/aromatic N) is 1. The van der Waals surface area contributed by atoms with Crippen molar-refractivity contribution < 1.29 is 4.79 Å². The minimum Gasteiger partial charge on any atom is -0.341 e. The van der Waals surface area contributed by atoms with Gasteiger partial charge >= 0.3 is 0 Å². The number of nitrogens with one attached hydrogen (secondary N) is 1. The summed E-state index contributed by atoms with van der Waals surface area (Å²) in [6, 6.07) is 6.54. The van der Waals surface area contributed by atoms with E-state index >= 15 is 0 Å². The maximum Gasteiger partial charge on any atom is 0.152 e. The molecule has 0 aliphatic carbocycles. The third-order valence-corrected chi connectivity index (χ3v) is 4.00. The maximum atomic E-state index is 11.5. The first-order chi connectivity index (χ1) is 9.02. The Labute approximate surface area is 113 Å². The summed E-state index contributed by atoms with van der Waals surface area (Å²) in [6.45, 7) is 9.29. The number of carbonyl (C=O) groups is 1. The molecule has 0 fully saturated rings. The number of hydrogen-bond donors (Lipinski definition) is 1. The summed E-state index contributed by atoms with van der Waals surface area (Å²) in [4.78, 5) is 11.5. The average molecular weight is 256 g/mol. The fourth-order valence-electron chi connectivity index (χ4n) is 2.88. The molecule has 0 spiro atoms. The Bertz CT molecular complexity index is 647. The van der Waals surface area contributed by atoms with Crippen LogP contribution in [0.15, 0.2) is 18.2 Å². The van der Waals surface area contributed by atoms with Crippen LogP contribution in [0.25, 0.3) is 10.9 Å². The standard InChI is InChI=1S/C16H20N2O/c1-16(2,3)11-4-5-14-12(8-11)13(10-19)15-9-17-6-7-18(14)15/h4-5,8,10,17H,6-7,9H2,1-3H3. The number of carbonyl (C=O) groups excluding carboxylic acids is 1. The quantitative estimate of drug-likeness (QED) is 0.796. The lowest BCUT2D eigenvalue weighted by atomic mass is 9.86. The summed E-state index contributed by atoms with van der Waals surface area (Å²) in [5, 5.41) is 4.44. The molecule has 1 aromatic carbocycles. The lowest BCUT2D eigenvalue weighted by molar-refractivity contribution is 0.112. The van der Waals surface area contributed by atoms with E-state index in [2.05, 4.69) is 48.9 Å². The van der Waals surface area contributed by atoms with E-state index < -0.39 is 0 Å². The SMILES string of the molecule is CC(C)(C)c1ccc2c(c1)c(C=O)c1n2CCNC1. The Morgan fingerprint density at radius 2 is 2.11 bits per heavy atom. The molecular weight excluding hydrogens is 236 g/mol. The summed E-state index contributed by atoms with van der Waals surface area (Å²) >= 11 is 0. The van der Waals surface area contributed by atoms with Gasteiger partial charge in [0.25, 0.3) is 0 Å². The Kier molecular flexibility index (Phi) is 2.75. The molecule has 1 aromatic heterocycles. The van der Waals surface area contributed by atoms with Crippen molar-refractivity contribution in [2.75, 3.05) is 6.54 Å². The number of benzene rings is 1. The highest BCUT2D eigenvalue weighted by Crippen LogP contribution is 2.31. The first-order valence-electron chi connectivity index (χ1n) is 6.84. The molecule has 1 aliphatic heterocycles. The van der Waals surface area contributed by atoms with Crippen LogP contribution in [-0.4, -0.2) is 17.4 Å². The topological polar surface area (TPSA) is 34.0 Å². The number of aldehydes is 1. The monoisotopic (exact) mass is 256 g/mol. The van der Waals surface area contributed by atoms with Gasteiger partial charge in [-0.25, -0.2) is 0 Å². The van der Waals surface area contributed by atoms with Crippen LogP contribution < -0.4 is 5.32 Å². The lowest BCUT2D eigenvalue weighted by Crippen LogP contribution is -2.28. The Balaban J connectivity index is 2.31. The summed E-state index contributed by atoms with van der Waals surface area (Å²) in [7, 11) is 0. The van der Waals surface area contributed by atoms with Gasteiger partial charge in [-0.3, -0.25) is 4.79 Å². The zero-order chi connectivity index (χ0) is 13.6. The summed E-state index contributed by atoms with van der Waals surface area (Å²) < 4.78 is 2.28. The van der Waals surface area contributed by atoms with E-state index in [4.69, 9.17) is 0 Å². The van der Waals surface area contributed by atoms with Crippen molar-refractivity contribution in [2.24, 2.45) is 0 Å². The van der Waals surface area contributed by atoms with Crippen LogP contribution in [0.4, 0.5) is 0 Å². The number of rotatable bonds is 1. The van der Waals surface area contributed by atoms with Crippen LogP contribution in [0.1, 0.15) is 42.4 Å². The van der Waals surface area contributed by atoms with Gasteiger partial charge < -0.3 is 9.88 Å². The van der Waals surface area contributed by atoms with Gasteiger partial charge in [-0.05, 0) is 23.1 Å². The fraction of sp³-hybridized carbons (Fsp3) is 0.438. The second-order valence-electron chi connectivity index (χ2n) is 6.29. The molecule has 3 heteroatoms. The molecule has 1 N–H and O–H groups in total. The zero-order valence-electron chi connectivity index (χ0n) is 11.8. The highest BCUT2D eigenvalue weighted by Gasteiger charge is 2.21. The van der Waals surface area contributed by atoms with Gasteiger partial charge in [0.2, 0.25) is 0 Å². The second kappa shape index (κ2) is 4.20. The van der Waals surface area contributed by atoms with Crippen molar-refractivity contribution >= 4 is 17.2 Å². The smallest absolute Gasteiger partial charge is 0.152 e. The molecule has 2 aromatic rings. The first kappa shape index (κ1) is 12.4. The van der Waals surface area contributed by atoms with Crippen LogP contribution in [0.5, 0.6) is 0 Å². The van der Waals surface area contributed by atoms with Crippen LogP contribution in [-0.2, 0) is 18.5 Å². The molecule has 3 rings (SSSR count). The minimum atomic E-state index is 0.106. The molecule has 2 heterocycles. The predicted molar refractivity (Wildman–Crippen MR) is 77.7 cm³/mol. The molecule has 0 amide bonds. The van der Waals surface area contributed by atoms with Crippen LogP contribution in [0.3, 0.4) is 0 Å². The average Bonchev–Trinajstić information content (AvgIpc) is 2.70. The molecule has 1 aliphatic rings. The fourth-order valence-corrected chi connectivity index (χ4v) is 2.88. The van der Waals surface area contributed by atoms with E-state index in [0.29, 0.717) is 0 Å². The van der Waals surface area contributed by atoms with Crippen molar-refractivity contribution in [3.63, 3.8) is 0 Å². The van der Waals surface area contributed by atoms with Crippen LogP contribution in [0, 0.1) is 0 Å². The van der Waals surface area contributed by atoms with Gasteiger partial charge in [-0.2, -0.15) is 0 Å². The largest absolute Gasteiger partial charge is 0.341 e. The minimum absolute atomic E-state index is 0.106. The second-order valence-corrected chi connectivity index (χ2v) is 6.29. The molecule has 0 saturated carbocycles. The van der Waals surface area contributed by atoms with Crippen LogP contribution in [0.2, 0.25) is 0 Å². The van der Waals surface area contributed by atoms with Gasteiger partial charge in [0.05, 0.1) is 0 Å². The molecule has 0 saturated heterocycles. The van der Waals surface area contributed by atoms with Crippen molar-refractivity contribution in [1.82, 2.24) is 9.88 Å². The van der Waals surface area contributed by atoms with E-state index in [-0.39, 0.29) is 5.41 Å². The number of hydrogen-bond acceptors (Lipinski definition) is 2. The maximum absolute atomic E-state index is 11.5. The number of aromatic nitrogens is 1. The molecule has 0 radical (unpaired) electrons. The highest BCUT2D eigenvalue weighted by atomic mass is 16.1. The lowest BCUT2D eigenvalue weighted by Gasteiger charge is -2.19. The molecule has 3 nitrogen and oxygen atoms in total. The summed E-state index contributed by atoms with van der Waals surface area (Å²) in [6.07, 6.45) is 1.01. The van der Waals surface area contributed by atoms with E-state index in [1.54, 1.807) is 0 Å². The van der Waals surface area contributed by atoms with Gasteiger partial charge in [0, 0.05) is 41.8 Å². The number of fused-ring (bicyclic) bond motifs is 3. The predicted octanol–water partition coefficient (Wildman–Crippen LogP) is 2.85. The van der Waals surface area contributed by atoms with Crippen molar-refractivity contribution in [3.05, 3.63) is 35.0 Å². The first-order valence-corrected chi connectivity index (χ1v) is 6.84. The molecule has 0 bridgehead atoms. The molecular formula is C16H20N2O. The van der Waals surface area contributed by atoms with E-state index in [1.807, 2.05) is 0 Å². The summed E-state index contributed by atoms with van der Waals surface area (Å²) in [5.74, 6) is 0. The van der Waals surface area contributed by atoms with Gasteiger partial charge in [0.1, 0.15) is 0 Å². The zero-order valence-corrected chi connectivity index (χ0v) is 11.8. The van der Waals surface area contributed by atoms with E-state index in [0.717, 1.165) is 42.6 Å². The molecule has 19 heavy (non-hydrogen) atoms. The highest BCUT2D eigenvalue weighted by molar-refractivity contribution is 6.00. The Hall–Kier alpha value is -1.61. The van der Waals surface area contributed by atoms with Gasteiger partial charge in [-0.1, -0.05) is 26.8 Å². The molecule has 0 atom stereocenters. The van der Waals surface area contributed by atoms with E-state index in [9.17, 15) is 4.79 Å². The molecule has 0 unspecified atom stereocenters. The summed E-state index contributed by atoms with van der Waals surface area (Å²) in [5.41, 5.74) is 4.55. The Morgan fingerprint density at radius 1 is 1.32 bits per heavy atom. The van der Waals surface area contributed by atoms with Crippen molar-refractivity contribution in [2.45, 2.75) is 39.3 Å². The Morgan fingerprint density at radius 3 is 2.79 bits per heavy atom. The van der Waals surface area contributed by atoms with Gasteiger partial charge in [0.15, 0.2) is 6.29 Å². The third-order valence-electron chi connectivity index (χ3n) is 4.00. The van der Waals surface area contributed by atoms with Crippen LogP contribution >= 0.6 is 0 Å². The van der Waals surface area contributed by atoms with Crippen molar-refractivity contribution in [3.8, 4) is 0 Å². The van der Waals surface area contributed by atoms with E-state index in [1.165, 1.54) is 11.1 Å². The molecule has 100 valence electrons.